The number of phenolic OH excluding ortho intramolecular Hbond substituents is 1. The van der Waals surface area contributed by atoms with E-state index >= 15 is 0 Å². The molecule has 1 saturated heterocycles. The Morgan fingerprint density at radius 2 is 2.19 bits per heavy atom. The van der Waals surface area contributed by atoms with Gasteiger partial charge in [0.1, 0.15) is 11.5 Å². The van der Waals surface area contributed by atoms with Crippen molar-refractivity contribution in [2.75, 3.05) is 20.2 Å². The molecule has 1 saturated carbocycles. The summed E-state index contributed by atoms with van der Waals surface area (Å²) in [5.74, 6) is 1.18. The second kappa shape index (κ2) is 6.24. The Morgan fingerprint density at radius 1 is 1.38 bits per heavy atom. The van der Waals surface area contributed by atoms with E-state index in [1.54, 1.807) is 13.2 Å². The van der Waals surface area contributed by atoms with Gasteiger partial charge in [0.25, 0.3) is 0 Å². The van der Waals surface area contributed by atoms with Crippen LogP contribution in [0.2, 0.25) is 0 Å². The summed E-state index contributed by atoms with van der Waals surface area (Å²) in [6.07, 6.45) is 5.10. The van der Waals surface area contributed by atoms with Gasteiger partial charge in [-0.05, 0) is 57.4 Å². The largest absolute Gasteiger partial charge is 0.508 e. The van der Waals surface area contributed by atoms with Gasteiger partial charge in [-0.2, -0.15) is 0 Å². The van der Waals surface area contributed by atoms with Crippen LogP contribution in [-0.4, -0.2) is 42.3 Å². The normalized spacial score (nSPS) is 23.5. The maximum absolute atomic E-state index is 10.2. The van der Waals surface area contributed by atoms with Crippen molar-refractivity contribution in [2.45, 2.75) is 50.7 Å². The quantitative estimate of drug-likeness (QED) is 0.845. The van der Waals surface area contributed by atoms with E-state index in [9.17, 15) is 5.11 Å². The molecule has 1 aliphatic carbocycles. The van der Waals surface area contributed by atoms with Gasteiger partial charge in [0.2, 0.25) is 0 Å². The van der Waals surface area contributed by atoms with Gasteiger partial charge in [0.05, 0.1) is 7.11 Å². The average molecular weight is 290 g/mol. The van der Waals surface area contributed by atoms with Crippen LogP contribution in [0.15, 0.2) is 18.2 Å². The molecule has 2 atom stereocenters. The highest BCUT2D eigenvalue weighted by Gasteiger charge is 2.35. The molecule has 4 nitrogen and oxygen atoms in total. The number of hydrogen-bond donors (Lipinski definition) is 2. The van der Waals surface area contributed by atoms with Crippen LogP contribution in [0.1, 0.15) is 44.2 Å². The lowest BCUT2D eigenvalue weighted by molar-refractivity contribution is 0.179. The first-order chi connectivity index (χ1) is 10.2. The third-order valence-electron chi connectivity index (χ3n) is 4.79. The Kier molecular flexibility index (Phi) is 4.36. The van der Waals surface area contributed by atoms with Gasteiger partial charge in [-0.15, -0.1) is 0 Å². The third kappa shape index (κ3) is 3.33. The topological polar surface area (TPSA) is 44.7 Å². The molecule has 4 heteroatoms. The molecule has 0 bridgehead atoms. The zero-order valence-electron chi connectivity index (χ0n) is 13.0. The number of benzene rings is 1. The number of hydrogen-bond acceptors (Lipinski definition) is 4. The van der Waals surface area contributed by atoms with E-state index in [1.165, 1.54) is 25.7 Å². The standard InChI is InChI=1S/C17H26N2O2/c1-12(16-10-15(21-2)7-8-17(16)20)19(14-5-6-14)11-13-4-3-9-18-13/h7-8,10,12-14,18,20H,3-6,9,11H2,1-2H3. The number of phenols is 1. The zero-order chi connectivity index (χ0) is 14.8. The molecule has 2 fully saturated rings. The summed E-state index contributed by atoms with van der Waals surface area (Å²) >= 11 is 0. The fourth-order valence-electron chi connectivity index (χ4n) is 3.37. The van der Waals surface area contributed by atoms with Crippen molar-refractivity contribution >= 4 is 0 Å². The Morgan fingerprint density at radius 3 is 2.81 bits per heavy atom. The van der Waals surface area contributed by atoms with E-state index in [2.05, 4.69) is 17.1 Å². The van der Waals surface area contributed by atoms with E-state index < -0.39 is 0 Å². The second-order valence-electron chi connectivity index (χ2n) is 6.32. The first-order valence-corrected chi connectivity index (χ1v) is 8.05. The van der Waals surface area contributed by atoms with Gasteiger partial charge in [0, 0.05) is 30.2 Å². The highest BCUT2D eigenvalue weighted by molar-refractivity contribution is 5.41. The van der Waals surface area contributed by atoms with Crippen molar-refractivity contribution in [3.8, 4) is 11.5 Å². The minimum Gasteiger partial charge on any atom is -0.508 e. The SMILES string of the molecule is COc1ccc(O)c(C(C)N(CC2CCCN2)C2CC2)c1. The Bertz CT molecular complexity index is 482. The van der Waals surface area contributed by atoms with Crippen LogP contribution in [-0.2, 0) is 0 Å². The van der Waals surface area contributed by atoms with Gasteiger partial charge in [0.15, 0.2) is 0 Å². The summed E-state index contributed by atoms with van der Waals surface area (Å²) in [5.41, 5.74) is 0.972. The second-order valence-corrected chi connectivity index (χ2v) is 6.32. The third-order valence-corrected chi connectivity index (χ3v) is 4.79. The van der Waals surface area contributed by atoms with Crippen molar-refractivity contribution in [1.82, 2.24) is 10.2 Å². The van der Waals surface area contributed by atoms with Crippen LogP contribution >= 0.6 is 0 Å². The lowest BCUT2D eigenvalue weighted by Crippen LogP contribution is -2.40. The number of rotatable bonds is 6. The fourth-order valence-corrected chi connectivity index (χ4v) is 3.37. The Hall–Kier alpha value is -1.26. The lowest BCUT2D eigenvalue weighted by Gasteiger charge is -2.32. The molecule has 2 unspecified atom stereocenters. The number of nitrogens with zero attached hydrogens (tertiary/aromatic N) is 1. The molecule has 0 radical (unpaired) electrons. The molecule has 2 N–H and O–H groups in total. The summed E-state index contributed by atoms with van der Waals surface area (Å²) in [7, 11) is 1.67. The van der Waals surface area contributed by atoms with E-state index in [4.69, 9.17) is 4.74 Å². The minimum atomic E-state index is 0.218. The van der Waals surface area contributed by atoms with Crippen molar-refractivity contribution < 1.29 is 9.84 Å². The van der Waals surface area contributed by atoms with Crippen LogP contribution in [0.4, 0.5) is 0 Å². The van der Waals surface area contributed by atoms with Crippen molar-refractivity contribution in [1.29, 1.82) is 0 Å². The van der Waals surface area contributed by atoms with E-state index in [0.717, 1.165) is 24.4 Å². The average Bonchev–Trinajstić information content (AvgIpc) is 3.21. The van der Waals surface area contributed by atoms with Crippen LogP contribution in [0.3, 0.4) is 0 Å². The highest BCUT2D eigenvalue weighted by atomic mass is 16.5. The molecule has 0 aromatic heterocycles. The van der Waals surface area contributed by atoms with Gasteiger partial charge in [-0.3, -0.25) is 4.90 Å². The van der Waals surface area contributed by atoms with Crippen molar-refractivity contribution in [2.24, 2.45) is 0 Å². The molecular formula is C17H26N2O2. The molecule has 3 rings (SSSR count). The van der Waals surface area contributed by atoms with Crippen molar-refractivity contribution in [3.05, 3.63) is 23.8 Å². The van der Waals surface area contributed by atoms with E-state index in [0.29, 0.717) is 17.8 Å². The molecule has 116 valence electrons. The van der Waals surface area contributed by atoms with Crippen molar-refractivity contribution in [3.63, 3.8) is 0 Å². The number of ether oxygens (including phenoxy) is 1. The van der Waals surface area contributed by atoms with Gasteiger partial charge in [-0.25, -0.2) is 0 Å². The minimum absolute atomic E-state index is 0.218. The van der Waals surface area contributed by atoms with E-state index in [1.807, 2.05) is 12.1 Å². The molecule has 0 spiro atoms. The lowest BCUT2D eigenvalue weighted by atomic mass is 10.0. The molecule has 1 heterocycles. The fraction of sp³-hybridized carbons (Fsp3) is 0.647. The molecule has 21 heavy (non-hydrogen) atoms. The highest BCUT2D eigenvalue weighted by Crippen LogP contribution is 2.38. The number of nitrogens with one attached hydrogen (secondary N) is 1. The molecule has 0 amide bonds. The molecular weight excluding hydrogens is 264 g/mol. The monoisotopic (exact) mass is 290 g/mol. The van der Waals surface area contributed by atoms with Crippen LogP contribution < -0.4 is 10.1 Å². The first-order valence-electron chi connectivity index (χ1n) is 8.05. The summed E-state index contributed by atoms with van der Waals surface area (Å²) in [5, 5.41) is 13.8. The summed E-state index contributed by atoms with van der Waals surface area (Å²) in [4.78, 5) is 2.55. The van der Waals surface area contributed by atoms with Gasteiger partial charge < -0.3 is 15.2 Å². The molecule has 2 aliphatic rings. The Balaban J connectivity index is 1.78. The van der Waals surface area contributed by atoms with Gasteiger partial charge in [-0.1, -0.05) is 0 Å². The summed E-state index contributed by atoms with van der Waals surface area (Å²) in [6.45, 7) is 4.41. The maximum atomic E-state index is 10.2. The predicted molar refractivity (Wildman–Crippen MR) is 83.8 cm³/mol. The van der Waals surface area contributed by atoms with Gasteiger partial charge >= 0.3 is 0 Å². The van der Waals surface area contributed by atoms with Crippen LogP contribution in [0, 0.1) is 0 Å². The molecule has 1 aromatic carbocycles. The Labute approximate surface area is 127 Å². The van der Waals surface area contributed by atoms with Crippen LogP contribution in [0.25, 0.3) is 0 Å². The smallest absolute Gasteiger partial charge is 0.120 e. The maximum Gasteiger partial charge on any atom is 0.120 e. The number of aromatic hydroxyl groups is 1. The molecule has 1 aromatic rings. The zero-order valence-corrected chi connectivity index (χ0v) is 13.0. The summed E-state index contributed by atoms with van der Waals surface area (Å²) < 4.78 is 5.31. The van der Waals surface area contributed by atoms with E-state index in [-0.39, 0.29) is 6.04 Å². The predicted octanol–water partition coefficient (Wildman–Crippen LogP) is 2.68. The summed E-state index contributed by atoms with van der Waals surface area (Å²) in [6, 6.07) is 7.01. The number of methoxy groups -OCH3 is 1. The first kappa shape index (κ1) is 14.7. The molecule has 1 aliphatic heterocycles. The van der Waals surface area contributed by atoms with Crippen LogP contribution in [0.5, 0.6) is 11.5 Å².